The molecule has 0 atom stereocenters. The smallest absolute Gasteiger partial charge is 0.233 e. The van der Waals surface area contributed by atoms with Crippen LogP contribution >= 0.6 is 23.2 Å². The van der Waals surface area contributed by atoms with Gasteiger partial charge in [0.25, 0.3) is 0 Å². The molecule has 0 spiro atoms. The average molecular weight is 246 g/mol. The molecule has 1 aromatic rings. The standard InChI is InChI=1S/C10H9Cl2NO2/c11-8-3-13-10(9(12)7(8)4-14)15-5-6-1-2-6/h3-4,6H,1-2,5H2. The van der Waals surface area contributed by atoms with Crippen LogP contribution in [0.1, 0.15) is 23.2 Å². The Hall–Kier alpha value is -0.800. The molecule has 0 aliphatic heterocycles. The maximum Gasteiger partial charge on any atom is 0.233 e. The van der Waals surface area contributed by atoms with Gasteiger partial charge in [0.2, 0.25) is 5.88 Å². The first-order chi connectivity index (χ1) is 7.22. The summed E-state index contributed by atoms with van der Waals surface area (Å²) in [7, 11) is 0. The lowest BCUT2D eigenvalue weighted by Gasteiger charge is -2.07. The monoisotopic (exact) mass is 245 g/mol. The highest BCUT2D eigenvalue weighted by atomic mass is 35.5. The third kappa shape index (κ3) is 2.41. The highest BCUT2D eigenvalue weighted by Gasteiger charge is 2.23. The Kier molecular flexibility index (Phi) is 3.12. The topological polar surface area (TPSA) is 39.2 Å². The molecule has 0 unspecified atom stereocenters. The normalized spacial score (nSPS) is 15.1. The summed E-state index contributed by atoms with van der Waals surface area (Å²) in [5, 5.41) is 0.437. The molecular weight excluding hydrogens is 237 g/mol. The Morgan fingerprint density at radius 3 is 2.87 bits per heavy atom. The van der Waals surface area contributed by atoms with E-state index in [1.54, 1.807) is 0 Å². The highest BCUT2D eigenvalue weighted by molar-refractivity contribution is 6.39. The van der Waals surface area contributed by atoms with Crippen LogP contribution < -0.4 is 4.74 Å². The number of hydrogen-bond donors (Lipinski definition) is 0. The lowest BCUT2D eigenvalue weighted by molar-refractivity contribution is 0.112. The number of carbonyl (C=O) groups excluding carboxylic acids is 1. The van der Waals surface area contributed by atoms with Crippen molar-refractivity contribution < 1.29 is 9.53 Å². The third-order valence-electron chi connectivity index (χ3n) is 2.25. The third-order valence-corrected chi connectivity index (χ3v) is 2.91. The van der Waals surface area contributed by atoms with Gasteiger partial charge in [-0.05, 0) is 18.8 Å². The maximum atomic E-state index is 10.7. The molecule has 5 heteroatoms. The Balaban J connectivity index is 2.18. The van der Waals surface area contributed by atoms with E-state index in [1.165, 1.54) is 19.0 Å². The van der Waals surface area contributed by atoms with Gasteiger partial charge in [0.15, 0.2) is 6.29 Å². The molecule has 15 heavy (non-hydrogen) atoms. The van der Waals surface area contributed by atoms with Gasteiger partial charge < -0.3 is 4.74 Å². The quantitative estimate of drug-likeness (QED) is 0.766. The predicted molar refractivity (Wildman–Crippen MR) is 57.9 cm³/mol. The second-order valence-electron chi connectivity index (χ2n) is 3.51. The fraction of sp³-hybridized carbons (Fsp3) is 0.400. The minimum Gasteiger partial charge on any atom is -0.476 e. The lowest BCUT2D eigenvalue weighted by atomic mass is 10.3. The highest BCUT2D eigenvalue weighted by Crippen LogP contribution is 2.33. The van der Waals surface area contributed by atoms with E-state index in [-0.39, 0.29) is 21.5 Å². The average Bonchev–Trinajstić information content (AvgIpc) is 3.01. The Bertz CT molecular complexity index is 391. The van der Waals surface area contributed by atoms with Gasteiger partial charge >= 0.3 is 0 Å². The molecular formula is C10H9Cl2NO2. The maximum absolute atomic E-state index is 10.7. The second kappa shape index (κ2) is 4.37. The fourth-order valence-electron chi connectivity index (χ4n) is 1.15. The van der Waals surface area contributed by atoms with E-state index < -0.39 is 0 Å². The van der Waals surface area contributed by atoms with E-state index in [2.05, 4.69) is 4.98 Å². The van der Waals surface area contributed by atoms with E-state index in [0.29, 0.717) is 18.8 Å². The first kappa shape index (κ1) is 10.7. The number of nitrogens with zero attached hydrogens (tertiary/aromatic N) is 1. The molecule has 2 rings (SSSR count). The van der Waals surface area contributed by atoms with Crippen LogP contribution in [-0.4, -0.2) is 17.9 Å². The van der Waals surface area contributed by atoms with E-state index in [0.717, 1.165) is 0 Å². The molecule has 0 N–H and O–H groups in total. The number of pyridine rings is 1. The van der Waals surface area contributed by atoms with Crippen molar-refractivity contribution >= 4 is 29.5 Å². The van der Waals surface area contributed by atoms with Crippen LogP contribution in [0.4, 0.5) is 0 Å². The number of hydrogen-bond acceptors (Lipinski definition) is 3. The van der Waals surface area contributed by atoms with Crippen LogP contribution in [0, 0.1) is 5.92 Å². The Morgan fingerprint density at radius 2 is 2.27 bits per heavy atom. The van der Waals surface area contributed by atoms with Crippen molar-refractivity contribution in [3.63, 3.8) is 0 Å². The van der Waals surface area contributed by atoms with Gasteiger partial charge in [0, 0.05) is 0 Å². The minimum atomic E-state index is 0.193. The number of aromatic nitrogens is 1. The molecule has 1 aromatic heterocycles. The molecule has 1 saturated carbocycles. The van der Waals surface area contributed by atoms with Crippen molar-refractivity contribution in [3.8, 4) is 5.88 Å². The van der Waals surface area contributed by atoms with Gasteiger partial charge in [0.05, 0.1) is 23.4 Å². The number of rotatable bonds is 4. The summed E-state index contributed by atoms with van der Waals surface area (Å²) >= 11 is 11.7. The number of aldehydes is 1. The van der Waals surface area contributed by atoms with Crippen LogP contribution in [0.2, 0.25) is 10.0 Å². The largest absolute Gasteiger partial charge is 0.476 e. The van der Waals surface area contributed by atoms with Gasteiger partial charge in [-0.2, -0.15) is 0 Å². The Labute approximate surface area is 97.4 Å². The molecule has 3 nitrogen and oxygen atoms in total. The van der Waals surface area contributed by atoms with Crippen molar-refractivity contribution in [2.24, 2.45) is 5.92 Å². The zero-order valence-electron chi connectivity index (χ0n) is 7.87. The van der Waals surface area contributed by atoms with Gasteiger partial charge in [-0.25, -0.2) is 4.98 Å². The van der Waals surface area contributed by atoms with E-state index >= 15 is 0 Å². The van der Waals surface area contributed by atoms with Gasteiger partial charge in [-0.15, -0.1) is 0 Å². The molecule has 1 aliphatic rings. The van der Waals surface area contributed by atoms with Crippen LogP contribution in [0.15, 0.2) is 6.20 Å². The first-order valence-electron chi connectivity index (χ1n) is 4.64. The molecule has 1 aliphatic carbocycles. The fourth-order valence-corrected chi connectivity index (χ4v) is 1.64. The summed E-state index contributed by atoms with van der Waals surface area (Å²) in [6.45, 7) is 0.604. The number of ether oxygens (including phenoxy) is 1. The zero-order chi connectivity index (χ0) is 10.8. The van der Waals surface area contributed by atoms with Gasteiger partial charge in [-0.1, -0.05) is 23.2 Å². The summed E-state index contributed by atoms with van der Waals surface area (Å²) in [5.41, 5.74) is 0.235. The summed E-state index contributed by atoms with van der Waals surface area (Å²) in [6, 6.07) is 0. The SMILES string of the molecule is O=Cc1c(Cl)cnc(OCC2CC2)c1Cl. The molecule has 0 radical (unpaired) electrons. The van der Waals surface area contributed by atoms with Crippen molar-refractivity contribution in [1.29, 1.82) is 0 Å². The van der Waals surface area contributed by atoms with Crippen LogP contribution in [0.3, 0.4) is 0 Å². The molecule has 1 fully saturated rings. The van der Waals surface area contributed by atoms with Crippen LogP contribution in [0.5, 0.6) is 5.88 Å². The van der Waals surface area contributed by atoms with Crippen LogP contribution in [0.25, 0.3) is 0 Å². The predicted octanol–water partition coefficient (Wildman–Crippen LogP) is 2.99. The van der Waals surface area contributed by atoms with E-state index in [4.69, 9.17) is 27.9 Å². The van der Waals surface area contributed by atoms with Crippen molar-refractivity contribution in [2.45, 2.75) is 12.8 Å². The summed E-state index contributed by atoms with van der Waals surface area (Å²) in [5.74, 6) is 0.897. The minimum absolute atomic E-state index is 0.193. The van der Waals surface area contributed by atoms with Crippen molar-refractivity contribution in [2.75, 3.05) is 6.61 Å². The summed E-state index contributed by atoms with van der Waals surface area (Å²) in [4.78, 5) is 14.6. The van der Waals surface area contributed by atoms with Gasteiger partial charge in [0.1, 0.15) is 5.02 Å². The molecule has 80 valence electrons. The zero-order valence-corrected chi connectivity index (χ0v) is 9.38. The lowest BCUT2D eigenvalue weighted by Crippen LogP contribution is -2.02. The summed E-state index contributed by atoms with van der Waals surface area (Å²) in [6.07, 6.45) is 4.35. The molecule has 0 amide bonds. The van der Waals surface area contributed by atoms with E-state index in [1.807, 2.05) is 0 Å². The van der Waals surface area contributed by atoms with Gasteiger partial charge in [-0.3, -0.25) is 4.79 Å². The molecule has 1 heterocycles. The van der Waals surface area contributed by atoms with E-state index in [9.17, 15) is 4.79 Å². The first-order valence-corrected chi connectivity index (χ1v) is 5.40. The molecule has 0 bridgehead atoms. The summed E-state index contributed by atoms with van der Waals surface area (Å²) < 4.78 is 5.40. The number of carbonyl (C=O) groups is 1. The van der Waals surface area contributed by atoms with Crippen LogP contribution in [-0.2, 0) is 0 Å². The number of halogens is 2. The van der Waals surface area contributed by atoms with Crippen molar-refractivity contribution in [1.82, 2.24) is 4.98 Å². The second-order valence-corrected chi connectivity index (χ2v) is 4.30. The molecule has 0 aromatic carbocycles. The molecule has 0 saturated heterocycles. The Morgan fingerprint density at radius 1 is 1.53 bits per heavy atom. The van der Waals surface area contributed by atoms with Crippen molar-refractivity contribution in [3.05, 3.63) is 21.8 Å².